The van der Waals surface area contributed by atoms with Crippen LogP contribution < -0.4 is 5.32 Å². The fourth-order valence-corrected chi connectivity index (χ4v) is 2.06. The monoisotopic (exact) mass is 198 g/mol. The molecule has 1 aliphatic rings. The van der Waals surface area contributed by atoms with Crippen molar-refractivity contribution in [3.8, 4) is 0 Å². The highest BCUT2D eigenvalue weighted by Gasteiger charge is 2.24. The molecule has 1 rings (SSSR count). The molecule has 0 amide bonds. The van der Waals surface area contributed by atoms with Crippen molar-refractivity contribution < 1.29 is 0 Å². The third-order valence-electron chi connectivity index (χ3n) is 3.45. The molecule has 0 heterocycles. The lowest BCUT2D eigenvalue weighted by Gasteiger charge is -2.38. The molecule has 0 aromatic rings. The molecule has 2 nitrogen and oxygen atoms in total. The van der Waals surface area contributed by atoms with Gasteiger partial charge in [0.2, 0.25) is 0 Å². The van der Waals surface area contributed by atoms with Gasteiger partial charge in [-0.25, -0.2) is 0 Å². The molecule has 0 bridgehead atoms. The van der Waals surface area contributed by atoms with Crippen LogP contribution in [0, 0.1) is 5.92 Å². The van der Waals surface area contributed by atoms with Gasteiger partial charge in [0.05, 0.1) is 0 Å². The molecule has 0 aromatic carbocycles. The molecule has 1 atom stereocenters. The smallest absolute Gasteiger partial charge is 0.0217 e. The third kappa shape index (κ3) is 3.25. The molecule has 0 aliphatic heterocycles. The van der Waals surface area contributed by atoms with Gasteiger partial charge >= 0.3 is 0 Å². The molecular formula is C12H26N2. The summed E-state index contributed by atoms with van der Waals surface area (Å²) in [6, 6.07) is 1.53. The Morgan fingerprint density at radius 3 is 2.36 bits per heavy atom. The van der Waals surface area contributed by atoms with Crippen LogP contribution >= 0.6 is 0 Å². The van der Waals surface area contributed by atoms with Crippen LogP contribution in [0.1, 0.15) is 40.0 Å². The lowest BCUT2D eigenvalue weighted by Crippen LogP contribution is -2.48. The second kappa shape index (κ2) is 5.72. The zero-order chi connectivity index (χ0) is 10.6. The molecular weight excluding hydrogens is 172 g/mol. The number of rotatable bonds is 6. The van der Waals surface area contributed by atoms with Crippen LogP contribution in [-0.4, -0.2) is 37.1 Å². The fourth-order valence-electron chi connectivity index (χ4n) is 2.06. The van der Waals surface area contributed by atoms with E-state index in [1.165, 1.54) is 25.8 Å². The highest BCUT2D eigenvalue weighted by Crippen LogP contribution is 2.23. The van der Waals surface area contributed by atoms with Crippen LogP contribution in [0.4, 0.5) is 0 Å². The summed E-state index contributed by atoms with van der Waals surface area (Å²) in [5.74, 6) is 0.734. The van der Waals surface area contributed by atoms with Gasteiger partial charge in [0, 0.05) is 18.6 Å². The van der Waals surface area contributed by atoms with Crippen LogP contribution in [0.15, 0.2) is 0 Å². The highest BCUT2D eigenvalue weighted by atomic mass is 15.2. The van der Waals surface area contributed by atoms with Gasteiger partial charge in [0.15, 0.2) is 0 Å². The van der Waals surface area contributed by atoms with E-state index in [0.717, 1.165) is 18.5 Å². The maximum absolute atomic E-state index is 3.57. The van der Waals surface area contributed by atoms with Gasteiger partial charge in [-0.05, 0) is 32.4 Å². The third-order valence-corrected chi connectivity index (χ3v) is 3.45. The summed E-state index contributed by atoms with van der Waals surface area (Å²) in [5, 5.41) is 3.57. The van der Waals surface area contributed by atoms with E-state index >= 15 is 0 Å². The Labute approximate surface area is 89.1 Å². The summed E-state index contributed by atoms with van der Waals surface area (Å²) in [7, 11) is 2.27. The van der Waals surface area contributed by atoms with Gasteiger partial charge in [-0.2, -0.15) is 0 Å². The Bertz CT molecular complexity index is 152. The topological polar surface area (TPSA) is 15.3 Å². The molecule has 0 radical (unpaired) electrons. The quantitative estimate of drug-likeness (QED) is 0.703. The first-order valence-corrected chi connectivity index (χ1v) is 6.08. The molecule has 1 N–H and O–H groups in total. The summed E-state index contributed by atoms with van der Waals surface area (Å²) in [5.41, 5.74) is 0. The predicted octanol–water partition coefficient (Wildman–Crippen LogP) is 2.10. The first kappa shape index (κ1) is 12.0. The molecule has 2 heteroatoms. The van der Waals surface area contributed by atoms with Crippen LogP contribution in [0.2, 0.25) is 0 Å². The highest BCUT2D eigenvalue weighted by molar-refractivity contribution is 4.82. The summed E-state index contributed by atoms with van der Waals surface area (Å²) in [6.45, 7) is 9.10. The largest absolute Gasteiger partial charge is 0.313 e. The minimum absolute atomic E-state index is 0.658. The van der Waals surface area contributed by atoms with Crippen molar-refractivity contribution in [3.05, 3.63) is 0 Å². The van der Waals surface area contributed by atoms with E-state index in [9.17, 15) is 0 Å². The van der Waals surface area contributed by atoms with Crippen molar-refractivity contribution in [2.24, 2.45) is 5.92 Å². The van der Waals surface area contributed by atoms with Crippen molar-refractivity contribution in [1.29, 1.82) is 0 Å². The van der Waals surface area contributed by atoms with Crippen LogP contribution in [0.3, 0.4) is 0 Å². The van der Waals surface area contributed by atoms with Gasteiger partial charge in [-0.3, -0.25) is 0 Å². The van der Waals surface area contributed by atoms with Gasteiger partial charge < -0.3 is 10.2 Å². The second-order valence-electron chi connectivity index (χ2n) is 4.93. The Morgan fingerprint density at radius 2 is 2.00 bits per heavy atom. The average molecular weight is 198 g/mol. The van der Waals surface area contributed by atoms with E-state index in [2.05, 4.69) is 38.0 Å². The molecule has 0 saturated heterocycles. The predicted molar refractivity (Wildman–Crippen MR) is 62.6 cm³/mol. The van der Waals surface area contributed by atoms with Crippen molar-refractivity contribution in [2.45, 2.75) is 52.1 Å². The van der Waals surface area contributed by atoms with Crippen LogP contribution in [0.25, 0.3) is 0 Å². The van der Waals surface area contributed by atoms with E-state index in [-0.39, 0.29) is 0 Å². The molecule has 1 fully saturated rings. The van der Waals surface area contributed by atoms with E-state index in [0.29, 0.717) is 6.04 Å². The molecule has 14 heavy (non-hydrogen) atoms. The Hall–Kier alpha value is -0.0800. The first-order chi connectivity index (χ1) is 6.65. The molecule has 0 spiro atoms. The van der Waals surface area contributed by atoms with Gasteiger partial charge in [-0.15, -0.1) is 0 Å². The molecule has 1 aliphatic carbocycles. The Kier molecular flexibility index (Phi) is 4.90. The second-order valence-corrected chi connectivity index (χ2v) is 4.93. The molecule has 1 unspecified atom stereocenters. The van der Waals surface area contributed by atoms with E-state index < -0.39 is 0 Å². The standard InChI is InChI=1S/C12H26N2/c1-5-13-12(10(2)3)9-14(4)11-7-6-8-11/h10-13H,5-9H2,1-4H3. The molecule has 84 valence electrons. The normalized spacial score (nSPS) is 20.1. The van der Waals surface area contributed by atoms with Crippen molar-refractivity contribution in [3.63, 3.8) is 0 Å². The lowest BCUT2D eigenvalue weighted by molar-refractivity contribution is 0.135. The molecule has 1 saturated carbocycles. The SMILES string of the molecule is CCNC(CN(C)C1CCC1)C(C)C. The number of nitrogens with one attached hydrogen (secondary N) is 1. The zero-order valence-corrected chi connectivity index (χ0v) is 10.2. The van der Waals surface area contributed by atoms with Crippen LogP contribution in [-0.2, 0) is 0 Å². The van der Waals surface area contributed by atoms with Gasteiger partial charge in [-0.1, -0.05) is 27.2 Å². The lowest BCUT2D eigenvalue weighted by atomic mass is 9.91. The van der Waals surface area contributed by atoms with Gasteiger partial charge in [0.1, 0.15) is 0 Å². The Morgan fingerprint density at radius 1 is 1.36 bits per heavy atom. The maximum atomic E-state index is 3.57. The van der Waals surface area contributed by atoms with Crippen molar-refractivity contribution in [2.75, 3.05) is 20.1 Å². The number of nitrogens with zero attached hydrogens (tertiary/aromatic N) is 1. The minimum atomic E-state index is 0.658. The van der Waals surface area contributed by atoms with E-state index in [1.807, 2.05) is 0 Å². The number of hydrogen-bond donors (Lipinski definition) is 1. The average Bonchev–Trinajstić information content (AvgIpc) is 1.99. The zero-order valence-electron chi connectivity index (χ0n) is 10.2. The summed E-state index contributed by atoms with van der Waals surface area (Å²) in [6.07, 6.45) is 4.25. The van der Waals surface area contributed by atoms with E-state index in [4.69, 9.17) is 0 Å². The number of likely N-dealkylation sites (N-methyl/N-ethyl adjacent to an activating group) is 2. The first-order valence-electron chi connectivity index (χ1n) is 6.08. The fraction of sp³-hybridized carbons (Fsp3) is 1.00. The number of hydrogen-bond acceptors (Lipinski definition) is 2. The van der Waals surface area contributed by atoms with Gasteiger partial charge in [0.25, 0.3) is 0 Å². The minimum Gasteiger partial charge on any atom is -0.313 e. The van der Waals surface area contributed by atoms with Crippen LogP contribution in [0.5, 0.6) is 0 Å². The Balaban J connectivity index is 2.29. The summed E-state index contributed by atoms with van der Waals surface area (Å²) < 4.78 is 0. The maximum Gasteiger partial charge on any atom is 0.0217 e. The summed E-state index contributed by atoms with van der Waals surface area (Å²) in [4.78, 5) is 2.54. The van der Waals surface area contributed by atoms with Crippen molar-refractivity contribution >= 4 is 0 Å². The summed E-state index contributed by atoms with van der Waals surface area (Å²) >= 11 is 0. The van der Waals surface area contributed by atoms with Crippen molar-refractivity contribution in [1.82, 2.24) is 10.2 Å². The molecule has 0 aromatic heterocycles. The van der Waals surface area contributed by atoms with E-state index in [1.54, 1.807) is 0 Å².